The number of rotatable bonds is 4. The van der Waals surface area contributed by atoms with Gasteiger partial charge in [-0.3, -0.25) is 4.79 Å². The van der Waals surface area contributed by atoms with Crippen LogP contribution >= 0.6 is 0 Å². The Kier molecular flexibility index (Phi) is 6.95. The van der Waals surface area contributed by atoms with Gasteiger partial charge in [-0.1, -0.05) is 0 Å². The van der Waals surface area contributed by atoms with Gasteiger partial charge in [0.15, 0.2) is 0 Å². The molecule has 0 bridgehead atoms. The van der Waals surface area contributed by atoms with Crippen LogP contribution in [0.5, 0.6) is 0 Å². The maximum Gasteiger partial charge on any atom is 0.490 e. The Morgan fingerprint density at radius 2 is 1.81 bits per heavy atom. The lowest BCUT2D eigenvalue weighted by atomic mass is 9.86. The maximum absolute atomic E-state index is 11.8. The van der Waals surface area contributed by atoms with Gasteiger partial charge in [0.2, 0.25) is 11.7 Å². The van der Waals surface area contributed by atoms with Crippen LogP contribution in [0.2, 0.25) is 0 Å². The molecule has 1 heterocycles. The maximum atomic E-state index is 11.8. The summed E-state index contributed by atoms with van der Waals surface area (Å²) in [6.07, 6.45) is -0.613. The summed E-state index contributed by atoms with van der Waals surface area (Å²) < 4.78 is 36.8. The van der Waals surface area contributed by atoms with Crippen LogP contribution in [0, 0.1) is 0 Å². The number of aromatic carboxylic acids is 1. The largest absolute Gasteiger partial charge is 0.490 e. The molecule has 1 aromatic heterocycles. The molecule has 0 saturated heterocycles. The molecule has 144 valence electrons. The number of furan rings is 1. The van der Waals surface area contributed by atoms with Crippen LogP contribution in [0.3, 0.4) is 0 Å². The van der Waals surface area contributed by atoms with Crippen molar-refractivity contribution in [3.8, 4) is 0 Å². The van der Waals surface area contributed by atoms with E-state index < -0.39 is 18.1 Å². The molecule has 0 spiro atoms. The van der Waals surface area contributed by atoms with E-state index in [1.807, 2.05) is 0 Å². The third-order valence-corrected chi connectivity index (χ3v) is 3.52. The van der Waals surface area contributed by atoms with Crippen LogP contribution in [0.4, 0.5) is 13.2 Å². The number of halogens is 3. The number of carboxylic acids is 2. The van der Waals surface area contributed by atoms with Crippen molar-refractivity contribution in [2.45, 2.75) is 31.1 Å². The van der Waals surface area contributed by atoms with Crippen LogP contribution in [0.1, 0.15) is 29.2 Å². The number of likely N-dealkylation sites (N-methyl/N-ethyl adjacent to an activating group) is 1. The zero-order valence-electron chi connectivity index (χ0n) is 13.6. The van der Waals surface area contributed by atoms with Crippen LogP contribution in [0.25, 0.3) is 6.08 Å². The standard InChI is InChI=1S/C13H16N2O4.C2HF3O2/c1-15(9-6-8(14)7-9)12(16)5-3-10-2-4-11(19-10)13(17)18;3-2(4,5)1(6)7/h2-5,8-9H,6-7,14H2,1H3,(H,17,18);(H,6,7)/b5-3+;. The highest BCUT2D eigenvalue weighted by molar-refractivity contribution is 5.92. The zero-order valence-corrected chi connectivity index (χ0v) is 13.6. The Balaban J connectivity index is 0.000000412. The summed E-state index contributed by atoms with van der Waals surface area (Å²) in [5.41, 5.74) is 5.68. The minimum absolute atomic E-state index is 0.148. The number of hydrogen-bond donors (Lipinski definition) is 3. The molecule has 0 radical (unpaired) electrons. The van der Waals surface area contributed by atoms with Crippen LogP contribution in [-0.2, 0) is 9.59 Å². The fraction of sp³-hybridized carbons (Fsp3) is 0.400. The van der Waals surface area contributed by atoms with Crippen LogP contribution < -0.4 is 5.73 Å². The molecule has 0 aromatic carbocycles. The zero-order chi connectivity index (χ0) is 20.1. The third-order valence-electron chi connectivity index (χ3n) is 3.52. The molecule has 0 atom stereocenters. The smallest absolute Gasteiger partial charge is 0.475 e. The van der Waals surface area contributed by atoms with Crippen molar-refractivity contribution in [2.24, 2.45) is 5.73 Å². The van der Waals surface area contributed by atoms with Gasteiger partial charge < -0.3 is 25.3 Å². The monoisotopic (exact) mass is 378 g/mol. The predicted molar refractivity (Wildman–Crippen MR) is 82.2 cm³/mol. The minimum Gasteiger partial charge on any atom is -0.475 e. The second kappa shape index (κ2) is 8.52. The Morgan fingerprint density at radius 1 is 1.27 bits per heavy atom. The number of aliphatic carboxylic acids is 1. The van der Waals surface area contributed by atoms with E-state index >= 15 is 0 Å². The van der Waals surface area contributed by atoms with Crippen molar-refractivity contribution in [3.05, 3.63) is 29.7 Å². The first kappa shape index (κ1) is 21.2. The van der Waals surface area contributed by atoms with Crippen molar-refractivity contribution < 1.29 is 42.2 Å². The number of alkyl halides is 3. The summed E-state index contributed by atoms with van der Waals surface area (Å²) in [6, 6.07) is 3.24. The van der Waals surface area contributed by atoms with E-state index in [9.17, 15) is 22.8 Å². The molecular formula is C15H17F3N2O6. The Bertz CT molecular complexity index is 692. The first-order valence-electron chi connectivity index (χ1n) is 7.25. The van der Waals surface area contributed by atoms with Crippen LogP contribution in [-0.4, -0.2) is 58.3 Å². The highest BCUT2D eigenvalue weighted by atomic mass is 19.4. The molecule has 1 amide bonds. The van der Waals surface area contributed by atoms with E-state index in [4.69, 9.17) is 25.2 Å². The summed E-state index contributed by atoms with van der Waals surface area (Å²) in [7, 11) is 1.73. The van der Waals surface area contributed by atoms with Crippen molar-refractivity contribution in [2.75, 3.05) is 7.05 Å². The summed E-state index contributed by atoms with van der Waals surface area (Å²) in [6.45, 7) is 0. The van der Waals surface area contributed by atoms with Gasteiger partial charge in [0, 0.05) is 25.2 Å². The van der Waals surface area contributed by atoms with Gasteiger partial charge in [-0.25, -0.2) is 9.59 Å². The first-order valence-corrected chi connectivity index (χ1v) is 7.25. The molecule has 0 unspecified atom stereocenters. The summed E-state index contributed by atoms with van der Waals surface area (Å²) >= 11 is 0. The lowest BCUT2D eigenvalue weighted by Gasteiger charge is -2.38. The number of amides is 1. The number of carbonyl (C=O) groups is 3. The number of carboxylic acid groups (broad SMARTS) is 2. The highest BCUT2D eigenvalue weighted by Gasteiger charge is 2.38. The van der Waals surface area contributed by atoms with Crippen molar-refractivity contribution in [1.29, 1.82) is 0 Å². The van der Waals surface area contributed by atoms with Crippen molar-refractivity contribution in [1.82, 2.24) is 4.90 Å². The lowest BCUT2D eigenvalue weighted by Crippen LogP contribution is -2.50. The Labute approximate surface area is 145 Å². The van der Waals surface area contributed by atoms with E-state index in [0.717, 1.165) is 12.8 Å². The van der Waals surface area contributed by atoms with Gasteiger partial charge in [-0.2, -0.15) is 13.2 Å². The van der Waals surface area contributed by atoms with Gasteiger partial charge in [-0.15, -0.1) is 0 Å². The molecule has 1 aromatic rings. The molecule has 1 fully saturated rings. The average molecular weight is 378 g/mol. The fourth-order valence-corrected chi connectivity index (χ4v) is 1.95. The normalized spacial score (nSPS) is 19.3. The van der Waals surface area contributed by atoms with E-state index in [0.29, 0.717) is 5.76 Å². The van der Waals surface area contributed by atoms with Gasteiger partial charge >= 0.3 is 18.1 Å². The van der Waals surface area contributed by atoms with E-state index in [2.05, 4.69) is 0 Å². The van der Waals surface area contributed by atoms with E-state index in [1.165, 1.54) is 24.3 Å². The second-order valence-electron chi connectivity index (χ2n) is 5.48. The molecule has 0 aliphatic heterocycles. The van der Waals surface area contributed by atoms with E-state index in [-0.39, 0.29) is 23.8 Å². The molecule has 1 saturated carbocycles. The third kappa shape index (κ3) is 6.24. The number of nitrogens with two attached hydrogens (primary N) is 1. The molecule has 2 rings (SSSR count). The fourth-order valence-electron chi connectivity index (χ4n) is 1.95. The van der Waals surface area contributed by atoms with Crippen LogP contribution in [0.15, 0.2) is 22.6 Å². The van der Waals surface area contributed by atoms with Gasteiger partial charge in [0.1, 0.15) is 5.76 Å². The number of nitrogens with zero attached hydrogens (tertiary/aromatic N) is 1. The quantitative estimate of drug-likeness (QED) is 0.677. The lowest BCUT2D eigenvalue weighted by molar-refractivity contribution is -0.192. The molecule has 8 nitrogen and oxygen atoms in total. The minimum atomic E-state index is -5.08. The molecule has 4 N–H and O–H groups in total. The van der Waals surface area contributed by atoms with Crippen molar-refractivity contribution >= 4 is 23.9 Å². The first-order chi connectivity index (χ1) is 11.9. The number of carbonyl (C=O) groups excluding carboxylic acids is 1. The number of hydrogen-bond acceptors (Lipinski definition) is 5. The SMILES string of the molecule is CN(C(=O)/C=C/c1ccc(C(=O)O)o1)C1CC(N)C1.O=C(O)C(F)(F)F. The summed E-state index contributed by atoms with van der Waals surface area (Å²) in [5, 5.41) is 15.8. The molecule has 1 aliphatic carbocycles. The Morgan fingerprint density at radius 3 is 2.19 bits per heavy atom. The predicted octanol–water partition coefficient (Wildman–Crippen LogP) is 1.57. The molecule has 26 heavy (non-hydrogen) atoms. The van der Waals surface area contributed by atoms with Gasteiger partial charge in [0.05, 0.1) is 0 Å². The highest BCUT2D eigenvalue weighted by Crippen LogP contribution is 2.23. The average Bonchev–Trinajstić information content (AvgIpc) is 2.97. The van der Waals surface area contributed by atoms with Gasteiger partial charge in [-0.05, 0) is 31.1 Å². The van der Waals surface area contributed by atoms with Gasteiger partial charge in [0.25, 0.3) is 0 Å². The van der Waals surface area contributed by atoms with Crippen molar-refractivity contribution in [3.63, 3.8) is 0 Å². The molecule has 11 heteroatoms. The topological polar surface area (TPSA) is 134 Å². The Hall–Kier alpha value is -2.82. The van der Waals surface area contributed by atoms with E-state index in [1.54, 1.807) is 11.9 Å². The molecular weight excluding hydrogens is 361 g/mol. The summed E-state index contributed by atoms with van der Waals surface area (Å²) in [4.78, 5) is 33.0. The second-order valence-corrected chi connectivity index (χ2v) is 5.48. The molecule has 1 aliphatic rings. The summed E-state index contributed by atoms with van der Waals surface area (Å²) in [5.74, 6) is -3.85.